The third-order valence-electron chi connectivity index (χ3n) is 6.71. The molecule has 0 saturated carbocycles. The number of ether oxygens (including phenoxy) is 1. The van der Waals surface area contributed by atoms with E-state index in [1.54, 1.807) is 31.4 Å². The van der Waals surface area contributed by atoms with Gasteiger partial charge in [0.15, 0.2) is 10.0 Å². The van der Waals surface area contributed by atoms with Gasteiger partial charge in [0, 0.05) is 31.8 Å². The van der Waals surface area contributed by atoms with Gasteiger partial charge in [0.25, 0.3) is 0 Å². The number of hydrogen-bond acceptors (Lipinski definition) is 9. The number of carbonyl (C=O) groups excluding carboxylic acids is 5. The van der Waals surface area contributed by atoms with Gasteiger partial charge < -0.3 is 19.9 Å². The predicted octanol–water partition coefficient (Wildman–Crippen LogP) is 4.37. The third kappa shape index (κ3) is 10.3. The lowest BCUT2D eigenvalue weighted by Gasteiger charge is -2.19. The molecule has 2 N–H and O–H groups in total. The molecule has 13 heteroatoms. The SMILES string of the molecule is CCOC(=O)C(CSC(=O)C(CSC(=O)CC1=C(C)/C(=C/c2ccc([S+](C)[O-])cc2)c2ccc(F)cc21)NC(C)=O)NC(C)=O. The van der Waals surface area contributed by atoms with Crippen LogP contribution < -0.4 is 10.6 Å². The van der Waals surface area contributed by atoms with E-state index in [4.69, 9.17) is 4.74 Å². The monoisotopic (exact) mass is 674 g/mol. The van der Waals surface area contributed by atoms with Crippen LogP contribution >= 0.6 is 23.5 Å². The highest BCUT2D eigenvalue weighted by Crippen LogP contribution is 2.44. The van der Waals surface area contributed by atoms with Crippen molar-refractivity contribution < 1.29 is 37.7 Å². The van der Waals surface area contributed by atoms with Crippen molar-refractivity contribution in [2.45, 2.75) is 51.1 Å². The lowest BCUT2D eigenvalue weighted by Crippen LogP contribution is -2.44. The maximum Gasteiger partial charge on any atom is 0.329 e. The maximum atomic E-state index is 14.3. The summed E-state index contributed by atoms with van der Waals surface area (Å²) in [5.41, 5.74) is 4.54. The molecule has 0 fully saturated rings. The topological polar surface area (TPSA) is 142 Å². The minimum absolute atomic E-state index is 0.0420. The lowest BCUT2D eigenvalue weighted by molar-refractivity contribution is -0.146. The standard InChI is InChI=1S/C32H35FN2O7S3/c1-6-42-31(39)28(34-19(3)36)16-44-32(40)29(35-20(4)37)17-43-30(38)15-26-18(2)25(24-12-9-22(33)14-27(24)26)13-21-7-10-23(11-8-21)45(5)41/h7-14,28-29H,6,15-17H2,1-5H3,(H,34,36)(H,35,37)/b25-13-. The molecule has 0 aliphatic heterocycles. The van der Waals surface area contributed by atoms with Crippen LogP contribution in [0.25, 0.3) is 17.2 Å². The minimum atomic E-state index is -1.11. The van der Waals surface area contributed by atoms with E-state index in [0.717, 1.165) is 45.8 Å². The number of esters is 1. The number of nitrogens with one attached hydrogen (secondary N) is 2. The van der Waals surface area contributed by atoms with Crippen LogP contribution in [0.2, 0.25) is 0 Å². The Bertz CT molecular complexity index is 1520. The average Bonchev–Trinajstić information content (AvgIpc) is 3.22. The smallest absolute Gasteiger partial charge is 0.329 e. The van der Waals surface area contributed by atoms with Crippen molar-refractivity contribution in [3.63, 3.8) is 0 Å². The number of amides is 2. The molecular weight excluding hydrogens is 640 g/mol. The average molecular weight is 675 g/mol. The van der Waals surface area contributed by atoms with Crippen LogP contribution in [0.1, 0.15) is 50.8 Å². The molecule has 1 aliphatic rings. The summed E-state index contributed by atoms with van der Waals surface area (Å²) in [6.07, 6.45) is 3.50. The van der Waals surface area contributed by atoms with Crippen LogP contribution in [0.4, 0.5) is 4.39 Å². The summed E-state index contributed by atoms with van der Waals surface area (Å²) in [5, 5.41) is 4.22. The quantitative estimate of drug-likeness (QED) is 0.234. The molecule has 240 valence electrons. The van der Waals surface area contributed by atoms with Crippen molar-refractivity contribution in [1.29, 1.82) is 0 Å². The zero-order valence-corrected chi connectivity index (χ0v) is 28.0. The number of thioether (sulfide) groups is 2. The Balaban J connectivity index is 1.75. The first-order valence-electron chi connectivity index (χ1n) is 14.0. The number of rotatable bonds is 13. The van der Waals surface area contributed by atoms with Crippen LogP contribution in [0, 0.1) is 5.82 Å². The van der Waals surface area contributed by atoms with Crippen LogP contribution in [-0.4, -0.2) is 69.0 Å². The highest BCUT2D eigenvalue weighted by molar-refractivity contribution is 8.15. The van der Waals surface area contributed by atoms with E-state index in [2.05, 4.69) is 10.6 Å². The van der Waals surface area contributed by atoms with Gasteiger partial charge in [0.05, 0.1) is 6.61 Å². The Labute approximate surface area is 273 Å². The molecule has 2 aromatic rings. The van der Waals surface area contributed by atoms with Gasteiger partial charge in [0.1, 0.15) is 24.2 Å². The highest BCUT2D eigenvalue weighted by atomic mass is 32.2. The van der Waals surface area contributed by atoms with Gasteiger partial charge in [-0.05, 0) is 101 Å². The first kappa shape index (κ1) is 36.1. The van der Waals surface area contributed by atoms with E-state index < -0.39 is 52.0 Å². The van der Waals surface area contributed by atoms with Crippen molar-refractivity contribution in [3.05, 3.63) is 70.5 Å². The molecule has 3 atom stereocenters. The predicted molar refractivity (Wildman–Crippen MR) is 177 cm³/mol. The summed E-state index contributed by atoms with van der Waals surface area (Å²) >= 11 is 0.497. The van der Waals surface area contributed by atoms with Crippen molar-refractivity contribution in [2.24, 2.45) is 0 Å². The molecule has 45 heavy (non-hydrogen) atoms. The van der Waals surface area contributed by atoms with Gasteiger partial charge >= 0.3 is 5.97 Å². The van der Waals surface area contributed by atoms with Crippen molar-refractivity contribution >= 4 is 79.9 Å². The highest BCUT2D eigenvalue weighted by Gasteiger charge is 2.29. The molecule has 2 aromatic carbocycles. The van der Waals surface area contributed by atoms with E-state index in [0.29, 0.717) is 16.0 Å². The molecule has 0 aromatic heterocycles. The molecule has 9 nitrogen and oxygen atoms in total. The van der Waals surface area contributed by atoms with Gasteiger partial charge in [0.2, 0.25) is 16.9 Å². The number of benzene rings is 2. The Morgan fingerprint density at radius 1 is 0.956 bits per heavy atom. The molecular formula is C32H35FN2O7S3. The van der Waals surface area contributed by atoms with Gasteiger partial charge in [-0.1, -0.05) is 29.6 Å². The van der Waals surface area contributed by atoms with Crippen molar-refractivity contribution in [2.75, 3.05) is 24.4 Å². The van der Waals surface area contributed by atoms with Gasteiger partial charge in [-0.3, -0.25) is 19.2 Å². The van der Waals surface area contributed by atoms with E-state index >= 15 is 0 Å². The molecule has 0 spiro atoms. The Kier molecular flexibility index (Phi) is 13.5. The summed E-state index contributed by atoms with van der Waals surface area (Å²) < 4.78 is 31.1. The number of hydrogen-bond donors (Lipinski definition) is 2. The Morgan fingerprint density at radius 3 is 2.18 bits per heavy atom. The lowest BCUT2D eigenvalue weighted by atomic mass is 10.0. The summed E-state index contributed by atoms with van der Waals surface area (Å²) in [6.45, 7) is 6.06. The molecule has 1 aliphatic carbocycles. The molecule has 3 rings (SSSR count). The van der Waals surface area contributed by atoms with Crippen LogP contribution in [0.15, 0.2) is 52.9 Å². The fourth-order valence-electron chi connectivity index (χ4n) is 4.61. The summed E-state index contributed by atoms with van der Waals surface area (Å²) in [7, 11) is 0. The zero-order valence-electron chi connectivity index (χ0n) is 25.6. The van der Waals surface area contributed by atoms with E-state index in [9.17, 15) is 32.9 Å². The Morgan fingerprint density at radius 2 is 1.58 bits per heavy atom. The second kappa shape index (κ2) is 16.8. The normalized spacial score (nSPS) is 15.2. The fraction of sp³-hybridized carbons (Fsp3) is 0.344. The second-order valence-electron chi connectivity index (χ2n) is 10.1. The molecule has 3 unspecified atom stereocenters. The number of allylic oxidation sites excluding steroid dienone is 3. The van der Waals surface area contributed by atoms with Crippen LogP contribution in [-0.2, 0) is 39.9 Å². The zero-order chi connectivity index (χ0) is 33.3. The van der Waals surface area contributed by atoms with Crippen LogP contribution in [0.3, 0.4) is 0 Å². The summed E-state index contributed by atoms with van der Waals surface area (Å²) in [5.74, 6) is -2.25. The molecule has 0 heterocycles. The van der Waals surface area contributed by atoms with Gasteiger partial charge in [-0.15, -0.1) is 0 Å². The number of carbonyl (C=O) groups is 5. The molecule has 2 amide bonds. The van der Waals surface area contributed by atoms with E-state index in [1.807, 2.05) is 25.1 Å². The van der Waals surface area contributed by atoms with Crippen LogP contribution in [0.5, 0.6) is 0 Å². The summed E-state index contributed by atoms with van der Waals surface area (Å²) in [4.78, 5) is 62.5. The first-order valence-corrected chi connectivity index (χ1v) is 17.5. The summed E-state index contributed by atoms with van der Waals surface area (Å²) in [6, 6.07) is 9.60. The molecule has 0 bridgehead atoms. The number of fused-ring (bicyclic) bond motifs is 1. The van der Waals surface area contributed by atoms with Gasteiger partial charge in [-0.2, -0.15) is 0 Å². The van der Waals surface area contributed by atoms with Crippen molar-refractivity contribution in [3.8, 4) is 0 Å². The van der Waals surface area contributed by atoms with E-state index in [-0.39, 0.29) is 29.6 Å². The fourth-order valence-corrected chi connectivity index (χ4v) is 6.96. The molecule has 0 radical (unpaired) electrons. The third-order valence-corrected chi connectivity index (χ3v) is 9.68. The minimum Gasteiger partial charge on any atom is -0.612 e. The van der Waals surface area contributed by atoms with Crippen molar-refractivity contribution in [1.82, 2.24) is 10.6 Å². The van der Waals surface area contributed by atoms with Gasteiger partial charge in [-0.25, -0.2) is 9.18 Å². The second-order valence-corrected chi connectivity index (χ2v) is 13.6. The maximum absolute atomic E-state index is 14.3. The largest absolute Gasteiger partial charge is 0.612 e. The Hall–Kier alpha value is -3.39. The first-order chi connectivity index (χ1) is 21.3. The number of halogens is 1. The molecule has 0 saturated heterocycles. The van der Waals surface area contributed by atoms with E-state index in [1.165, 1.54) is 26.0 Å².